The van der Waals surface area contributed by atoms with Crippen molar-refractivity contribution in [3.8, 4) is 11.4 Å². The van der Waals surface area contributed by atoms with Crippen LogP contribution in [0.5, 0.6) is 0 Å². The highest BCUT2D eigenvalue weighted by molar-refractivity contribution is 7.89. The fraction of sp³-hybridized carbons (Fsp3) is 0.316. The zero-order valence-electron chi connectivity index (χ0n) is 16.0. The van der Waals surface area contributed by atoms with E-state index in [0.29, 0.717) is 50.7 Å². The van der Waals surface area contributed by atoms with Gasteiger partial charge in [0.25, 0.3) is 0 Å². The summed E-state index contributed by atoms with van der Waals surface area (Å²) >= 11 is 0. The molecule has 0 spiro atoms. The van der Waals surface area contributed by atoms with Crippen molar-refractivity contribution in [1.82, 2.24) is 29.4 Å². The second-order valence-corrected chi connectivity index (χ2v) is 8.90. The molecule has 8 nitrogen and oxygen atoms in total. The van der Waals surface area contributed by atoms with E-state index >= 15 is 0 Å². The van der Waals surface area contributed by atoms with Gasteiger partial charge in [-0.3, -0.25) is 4.90 Å². The maximum absolute atomic E-state index is 13.1. The molecule has 158 valence electrons. The summed E-state index contributed by atoms with van der Waals surface area (Å²) in [4.78, 5) is 3.55. The van der Waals surface area contributed by atoms with E-state index in [0.717, 1.165) is 12.1 Å². The number of tetrazole rings is 1. The van der Waals surface area contributed by atoms with Crippen molar-refractivity contribution in [3.63, 3.8) is 0 Å². The van der Waals surface area contributed by atoms with Gasteiger partial charge in [-0.1, -0.05) is 0 Å². The Bertz CT molecular complexity index is 1100. The summed E-state index contributed by atoms with van der Waals surface area (Å²) in [6.45, 7) is 2.20. The molecule has 4 rings (SSSR count). The highest BCUT2D eigenvalue weighted by atomic mass is 32.2. The molecule has 1 aliphatic rings. The van der Waals surface area contributed by atoms with Crippen LogP contribution in [0, 0.1) is 11.6 Å². The fourth-order valence-electron chi connectivity index (χ4n) is 3.28. The Morgan fingerprint density at radius 2 is 1.53 bits per heavy atom. The van der Waals surface area contributed by atoms with Crippen LogP contribution in [0.15, 0.2) is 53.4 Å². The molecule has 0 radical (unpaired) electrons. The van der Waals surface area contributed by atoms with Gasteiger partial charge in [0.05, 0.1) is 4.90 Å². The van der Waals surface area contributed by atoms with Crippen LogP contribution in [0.1, 0.15) is 6.42 Å². The monoisotopic (exact) mass is 434 g/mol. The van der Waals surface area contributed by atoms with Gasteiger partial charge in [-0.25, -0.2) is 17.2 Å². The first-order chi connectivity index (χ1) is 14.4. The highest BCUT2D eigenvalue weighted by Crippen LogP contribution is 2.19. The summed E-state index contributed by atoms with van der Waals surface area (Å²) in [5, 5.41) is 12.4. The Hall–Kier alpha value is -2.76. The second-order valence-electron chi connectivity index (χ2n) is 6.96. The Morgan fingerprint density at radius 1 is 0.867 bits per heavy atom. The van der Waals surface area contributed by atoms with Crippen molar-refractivity contribution in [3.05, 3.63) is 60.2 Å². The molecule has 0 N–H and O–H groups in total. The molecule has 3 aromatic rings. The number of rotatable bonds is 5. The zero-order chi connectivity index (χ0) is 21.1. The van der Waals surface area contributed by atoms with Crippen LogP contribution in [0.3, 0.4) is 0 Å². The lowest BCUT2D eigenvalue weighted by Gasteiger charge is -2.21. The molecule has 0 atom stereocenters. The fourth-order valence-corrected chi connectivity index (χ4v) is 4.75. The third kappa shape index (κ3) is 4.53. The van der Waals surface area contributed by atoms with Crippen molar-refractivity contribution < 1.29 is 17.2 Å². The third-order valence-electron chi connectivity index (χ3n) is 4.88. The summed E-state index contributed by atoms with van der Waals surface area (Å²) < 4.78 is 53.2. The van der Waals surface area contributed by atoms with Crippen LogP contribution < -0.4 is 0 Å². The van der Waals surface area contributed by atoms with Crippen LogP contribution in [-0.2, 0) is 16.7 Å². The molecule has 0 amide bonds. The summed E-state index contributed by atoms with van der Waals surface area (Å²) in [7, 11) is -3.67. The lowest BCUT2D eigenvalue weighted by Crippen LogP contribution is -2.36. The van der Waals surface area contributed by atoms with Crippen LogP contribution in [-0.4, -0.2) is 64.0 Å². The zero-order valence-corrected chi connectivity index (χ0v) is 16.8. The number of hydrogen-bond acceptors (Lipinski definition) is 6. The first kappa shape index (κ1) is 20.5. The normalized spacial score (nSPS) is 16.5. The van der Waals surface area contributed by atoms with Gasteiger partial charge >= 0.3 is 0 Å². The molecule has 1 aliphatic heterocycles. The van der Waals surface area contributed by atoms with E-state index in [4.69, 9.17) is 0 Å². The number of halogens is 2. The molecule has 0 unspecified atom stereocenters. The number of aromatic nitrogens is 4. The van der Waals surface area contributed by atoms with E-state index in [2.05, 4.69) is 15.4 Å². The molecule has 1 fully saturated rings. The van der Waals surface area contributed by atoms with Crippen molar-refractivity contribution in [2.45, 2.75) is 18.0 Å². The Balaban J connectivity index is 1.40. The first-order valence-corrected chi connectivity index (χ1v) is 10.9. The largest absolute Gasteiger partial charge is 0.281 e. The quantitative estimate of drug-likeness (QED) is 0.611. The number of sulfonamides is 1. The van der Waals surface area contributed by atoms with Crippen molar-refractivity contribution in [2.75, 3.05) is 26.2 Å². The molecule has 0 bridgehead atoms. The van der Waals surface area contributed by atoms with Gasteiger partial charge < -0.3 is 0 Å². The molecule has 30 heavy (non-hydrogen) atoms. The summed E-state index contributed by atoms with van der Waals surface area (Å²) in [6, 6.07) is 10.7. The van der Waals surface area contributed by atoms with E-state index in [9.17, 15) is 17.2 Å². The molecule has 1 aromatic heterocycles. The average molecular weight is 434 g/mol. The van der Waals surface area contributed by atoms with E-state index in [1.54, 1.807) is 12.1 Å². The molecule has 1 saturated heterocycles. The van der Waals surface area contributed by atoms with Crippen molar-refractivity contribution in [2.24, 2.45) is 0 Å². The number of benzene rings is 2. The average Bonchev–Trinajstić information content (AvgIpc) is 3.06. The molecular weight excluding hydrogens is 414 g/mol. The van der Waals surface area contributed by atoms with E-state index in [-0.39, 0.29) is 10.7 Å². The minimum atomic E-state index is -3.67. The van der Waals surface area contributed by atoms with Gasteiger partial charge in [-0.05, 0) is 60.2 Å². The van der Waals surface area contributed by atoms with Crippen LogP contribution in [0.2, 0.25) is 0 Å². The van der Waals surface area contributed by atoms with Gasteiger partial charge in [0.1, 0.15) is 18.3 Å². The molecule has 2 aromatic carbocycles. The molecule has 0 aliphatic carbocycles. The van der Waals surface area contributed by atoms with Crippen LogP contribution in [0.25, 0.3) is 11.4 Å². The molecule has 2 heterocycles. The summed E-state index contributed by atoms with van der Waals surface area (Å²) in [5.74, 6) is -0.419. The smallest absolute Gasteiger partial charge is 0.243 e. The van der Waals surface area contributed by atoms with Crippen molar-refractivity contribution in [1.29, 1.82) is 0 Å². The van der Waals surface area contributed by atoms with Gasteiger partial charge in [0.15, 0.2) is 0 Å². The maximum atomic E-state index is 13.1. The predicted octanol–water partition coefficient (Wildman–Crippen LogP) is 1.97. The number of hydrogen-bond donors (Lipinski definition) is 0. The lowest BCUT2D eigenvalue weighted by molar-refractivity contribution is 0.201. The summed E-state index contributed by atoms with van der Waals surface area (Å²) in [6.07, 6.45) is 0.639. The standard InChI is InChI=1S/C19H20F2N6O2S/c20-16-4-2-15(3-5-16)19-22-24-27(23-19)14-25-10-1-11-26(13-12-25)30(28,29)18-8-6-17(21)7-9-18/h2-9H,1,10-14H2. The van der Waals surface area contributed by atoms with Crippen LogP contribution in [0.4, 0.5) is 8.78 Å². The van der Waals surface area contributed by atoms with Gasteiger partial charge in [0, 0.05) is 31.7 Å². The first-order valence-electron chi connectivity index (χ1n) is 9.44. The lowest BCUT2D eigenvalue weighted by atomic mass is 10.2. The summed E-state index contributed by atoms with van der Waals surface area (Å²) in [5.41, 5.74) is 0.662. The maximum Gasteiger partial charge on any atom is 0.243 e. The second kappa shape index (κ2) is 8.54. The predicted molar refractivity (Wildman–Crippen MR) is 105 cm³/mol. The third-order valence-corrected chi connectivity index (χ3v) is 6.79. The minimum absolute atomic E-state index is 0.0826. The van der Waals surface area contributed by atoms with Crippen molar-refractivity contribution >= 4 is 10.0 Å². The Labute approximate surface area is 172 Å². The van der Waals surface area contributed by atoms with Gasteiger partial charge in [-0.15, -0.1) is 15.0 Å². The van der Waals surface area contributed by atoms with E-state index < -0.39 is 15.8 Å². The van der Waals surface area contributed by atoms with Crippen LogP contribution >= 0.6 is 0 Å². The highest BCUT2D eigenvalue weighted by Gasteiger charge is 2.27. The molecule has 11 heteroatoms. The Kier molecular flexibility index (Phi) is 5.84. The Morgan fingerprint density at radius 3 is 2.23 bits per heavy atom. The SMILES string of the molecule is O=S(=O)(c1ccc(F)cc1)N1CCCN(Cn2nnc(-c3ccc(F)cc3)n2)CC1. The molecule has 0 saturated carbocycles. The minimum Gasteiger partial charge on any atom is -0.281 e. The number of nitrogens with zero attached hydrogens (tertiary/aromatic N) is 6. The van der Waals surface area contributed by atoms with E-state index in [1.165, 1.54) is 33.4 Å². The van der Waals surface area contributed by atoms with E-state index in [1.807, 2.05) is 4.90 Å². The van der Waals surface area contributed by atoms with Gasteiger partial charge in [-0.2, -0.15) is 4.31 Å². The molecular formula is C19H20F2N6O2S. The topological polar surface area (TPSA) is 84.2 Å². The van der Waals surface area contributed by atoms with Gasteiger partial charge in [0.2, 0.25) is 15.8 Å².